The maximum atomic E-state index is 11.6. The maximum absolute atomic E-state index is 11.6. The Hall–Kier alpha value is -1.59. The summed E-state index contributed by atoms with van der Waals surface area (Å²) >= 11 is 0. The van der Waals surface area contributed by atoms with E-state index in [0.717, 1.165) is 44.0 Å². The van der Waals surface area contributed by atoms with Gasteiger partial charge in [-0.3, -0.25) is 4.90 Å². The zero-order valence-corrected chi connectivity index (χ0v) is 12.4. The number of ether oxygens (including phenoxy) is 2. The van der Waals surface area contributed by atoms with Gasteiger partial charge in [0.25, 0.3) is 0 Å². The molecule has 0 bridgehead atoms. The molecule has 0 unspecified atom stereocenters. The largest absolute Gasteiger partial charge is 0.496 e. The van der Waals surface area contributed by atoms with Crippen molar-refractivity contribution in [1.29, 1.82) is 0 Å². The van der Waals surface area contributed by atoms with Crippen molar-refractivity contribution in [2.24, 2.45) is 0 Å². The fourth-order valence-corrected chi connectivity index (χ4v) is 2.39. The van der Waals surface area contributed by atoms with Gasteiger partial charge in [0.2, 0.25) is 0 Å². The summed E-state index contributed by atoms with van der Waals surface area (Å²) in [5.41, 5.74) is 1.59. The lowest BCUT2D eigenvalue weighted by Gasteiger charge is -2.32. The molecule has 1 aromatic carbocycles. The van der Waals surface area contributed by atoms with Crippen molar-refractivity contribution in [2.75, 3.05) is 47.4 Å². The van der Waals surface area contributed by atoms with Gasteiger partial charge in [0, 0.05) is 38.3 Å². The summed E-state index contributed by atoms with van der Waals surface area (Å²) in [5, 5.41) is 0. The highest BCUT2D eigenvalue weighted by atomic mass is 16.5. The number of piperazine rings is 1. The predicted octanol–water partition coefficient (Wildman–Crippen LogP) is 1.23. The van der Waals surface area contributed by atoms with Crippen LogP contribution >= 0.6 is 0 Å². The van der Waals surface area contributed by atoms with Crippen molar-refractivity contribution in [1.82, 2.24) is 9.80 Å². The lowest BCUT2D eigenvalue weighted by molar-refractivity contribution is 0.0600. The van der Waals surface area contributed by atoms with Crippen molar-refractivity contribution in [2.45, 2.75) is 6.54 Å². The van der Waals surface area contributed by atoms with Crippen LogP contribution in [0.3, 0.4) is 0 Å². The number of hydrogen-bond donors (Lipinski definition) is 0. The summed E-state index contributed by atoms with van der Waals surface area (Å²) in [6.45, 7) is 4.99. The van der Waals surface area contributed by atoms with Crippen molar-refractivity contribution in [3.05, 3.63) is 29.3 Å². The average Bonchev–Trinajstić information content (AvgIpc) is 2.48. The Morgan fingerprint density at radius 2 is 1.90 bits per heavy atom. The number of likely N-dealkylation sites (N-methyl/N-ethyl adjacent to an activating group) is 1. The van der Waals surface area contributed by atoms with E-state index in [4.69, 9.17) is 9.47 Å². The molecule has 1 fully saturated rings. The number of methoxy groups -OCH3 is 2. The molecule has 1 aromatic rings. The van der Waals surface area contributed by atoms with E-state index in [2.05, 4.69) is 16.8 Å². The molecule has 1 heterocycles. The first kappa shape index (κ1) is 14.8. The molecule has 110 valence electrons. The number of benzene rings is 1. The zero-order valence-electron chi connectivity index (χ0n) is 12.4. The molecular weight excluding hydrogens is 256 g/mol. The van der Waals surface area contributed by atoms with Crippen molar-refractivity contribution < 1.29 is 14.3 Å². The van der Waals surface area contributed by atoms with Gasteiger partial charge >= 0.3 is 5.97 Å². The smallest absolute Gasteiger partial charge is 0.337 e. The minimum absolute atomic E-state index is 0.313. The van der Waals surface area contributed by atoms with Crippen LogP contribution in [0.25, 0.3) is 0 Å². The molecule has 0 radical (unpaired) electrons. The molecule has 0 atom stereocenters. The summed E-state index contributed by atoms with van der Waals surface area (Å²) in [7, 11) is 5.18. The van der Waals surface area contributed by atoms with Crippen LogP contribution in [0.15, 0.2) is 18.2 Å². The van der Waals surface area contributed by atoms with Gasteiger partial charge in [0.1, 0.15) is 5.75 Å². The Balaban J connectivity index is 2.14. The van der Waals surface area contributed by atoms with Crippen molar-refractivity contribution >= 4 is 5.97 Å². The Morgan fingerprint density at radius 3 is 2.50 bits per heavy atom. The Kier molecular flexibility index (Phi) is 4.98. The number of rotatable bonds is 4. The third-order valence-electron chi connectivity index (χ3n) is 3.69. The van der Waals surface area contributed by atoms with E-state index in [1.165, 1.54) is 7.11 Å². The molecule has 0 N–H and O–H groups in total. The van der Waals surface area contributed by atoms with Crippen LogP contribution in [0.4, 0.5) is 0 Å². The van der Waals surface area contributed by atoms with Crippen LogP contribution in [0.1, 0.15) is 15.9 Å². The van der Waals surface area contributed by atoms with Crippen LogP contribution < -0.4 is 4.74 Å². The molecule has 5 heteroatoms. The standard InChI is InChI=1S/C15H22N2O3/c1-16-6-8-17(9-7-16)11-13-10-12(15(18)20-3)4-5-14(13)19-2/h4-5,10H,6-9,11H2,1-3H3. The Labute approximate surface area is 120 Å². The van der Waals surface area contributed by atoms with E-state index in [-0.39, 0.29) is 5.97 Å². The Bertz CT molecular complexity index is 468. The van der Waals surface area contributed by atoms with Crippen LogP contribution in [-0.2, 0) is 11.3 Å². The van der Waals surface area contributed by atoms with E-state index in [9.17, 15) is 4.79 Å². The zero-order chi connectivity index (χ0) is 14.5. The van der Waals surface area contributed by atoms with Gasteiger partial charge in [-0.1, -0.05) is 0 Å². The topological polar surface area (TPSA) is 42.0 Å². The third kappa shape index (κ3) is 3.49. The quantitative estimate of drug-likeness (QED) is 0.775. The minimum atomic E-state index is -0.313. The van der Waals surface area contributed by atoms with Gasteiger partial charge in [-0.2, -0.15) is 0 Å². The van der Waals surface area contributed by atoms with Crippen LogP contribution in [0.2, 0.25) is 0 Å². The number of nitrogens with zero attached hydrogens (tertiary/aromatic N) is 2. The third-order valence-corrected chi connectivity index (χ3v) is 3.69. The molecule has 20 heavy (non-hydrogen) atoms. The lowest BCUT2D eigenvalue weighted by atomic mass is 10.1. The number of hydrogen-bond acceptors (Lipinski definition) is 5. The highest BCUT2D eigenvalue weighted by molar-refractivity contribution is 5.89. The SMILES string of the molecule is COC(=O)c1ccc(OC)c(CN2CCN(C)CC2)c1. The highest BCUT2D eigenvalue weighted by Crippen LogP contribution is 2.22. The second-order valence-corrected chi connectivity index (χ2v) is 5.10. The average molecular weight is 278 g/mol. The summed E-state index contributed by atoms with van der Waals surface area (Å²) in [6, 6.07) is 5.43. The van der Waals surface area contributed by atoms with E-state index in [0.29, 0.717) is 5.56 Å². The Morgan fingerprint density at radius 1 is 1.20 bits per heavy atom. The van der Waals surface area contributed by atoms with E-state index in [1.807, 2.05) is 12.1 Å². The minimum Gasteiger partial charge on any atom is -0.496 e. The summed E-state index contributed by atoms with van der Waals surface area (Å²) in [6.07, 6.45) is 0. The first-order chi connectivity index (χ1) is 9.63. The predicted molar refractivity (Wildman–Crippen MR) is 77.1 cm³/mol. The van der Waals surface area contributed by atoms with E-state index in [1.54, 1.807) is 13.2 Å². The summed E-state index contributed by atoms with van der Waals surface area (Å²) < 4.78 is 10.2. The number of carbonyl (C=O) groups is 1. The lowest BCUT2D eigenvalue weighted by Crippen LogP contribution is -2.43. The van der Waals surface area contributed by atoms with Gasteiger partial charge in [0.05, 0.1) is 19.8 Å². The number of carbonyl (C=O) groups excluding carboxylic acids is 1. The molecule has 5 nitrogen and oxygen atoms in total. The molecule has 1 aliphatic heterocycles. The van der Waals surface area contributed by atoms with Crippen molar-refractivity contribution in [3.8, 4) is 5.75 Å². The molecule has 0 aliphatic carbocycles. The number of esters is 1. The van der Waals surface area contributed by atoms with Gasteiger partial charge in [-0.15, -0.1) is 0 Å². The second-order valence-electron chi connectivity index (χ2n) is 5.10. The first-order valence-corrected chi connectivity index (χ1v) is 6.80. The monoisotopic (exact) mass is 278 g/mol. The molecular formula is C15H22N2O3. The second kappa shape index (κ2) is 6.72. The van der Waals surface area contributed by atoms with Crippen LogP contribution in [-0.4, -0.2) is 63.2 Å². The molecule has 0 saturated carbocycles. The molecule has 0 amide bonds. The van der Waals surface area contributed by atoms with E-state index < -0.39 is 0 Å². The van der Waals surface area contributed by atoms with Crippen molar-refractivity contribution in [3.63, 3.8) is 0 Å². The summed E-state index contributed by atoms with van der Waals surface area (Å²) in [5.74, 6) is 0.504. The molecule has 0 aromatic heterocycles. The molecule has 1 saturated heterocycles. The van der Waals surface area contributed by atoms with Gasteiger partial charge in [-0.05, 0) is 25.2 Å². The first-order valence-electron chi connectivity index (χ1n) is 6.80. The maximum Gasteiger partial charge on any atom is 0.337 e. The molecule has 0 spiro atoms. The normalized spacial score (nSPS) is 16.9. The van der Waals surface area contributed by atoms with Crippen LogP contribution in [0.5, 0.6) is 5.75 Å². The fraction of sp³-hybridized carbons (Fsp3) is 0.533. The van der Waals surface area contributed by atoms with Gasteiger partial charge in [-0.25, -0.2) is 4.79 Å². The molecule has 1 aliphatic rings. The summed E-state index contributed by atoms with van der Waals surface area (Å²) in [4.78, 5) is 16.3. The molecule has 2 rings (SSSR count). The van der Waals surface area contributed by atoms with E-state index >= 15 is 0 Å². The van der Waals surface area contributed by atoms with Gasteiger partial charge in [0.15, 0.2) is 0 Å². The highest BCUT2D eigenvalue weighted by Gasteiger charge is 2.17. The van der Waals surface area contributed by atoms with Gasteiger partial charge < -0.3 is 14.4 Å². The van der Waals surface area contributed by atoms with Crippen LogP contribution in [0, 0.1) is 0 Å². The fourth-order valence-electron chi connectivity index (χ4n) is 2.39.